The van der Waals surface area contributed by atoms with Crippen molar-refractivity contribution in [2.24, 2.45) is 0 Å². The third-order valence-electron chi connectivity index (χ3n) is 2.52. The average molecular weight is 264 g/mol. The van der Waals surface area contributed by atoms with E-state index in [4.69, 9.17) is 9.52 Å². The third kappa shape index (κ3) is 2.97. The molecule has 0 bridgehead atoms. The van der Waals surface area contributed by atoms with E-state index in [2.05, 4.69) is 15.6 Å². The summed E-state index contributed by atoms with van der Waals surface area (Å²) in [5, 5.41) is 18.4. The molecule has 2 rings (SSSR count). The van der Waals surface area contributed by atoms with E-state index < -0.39 is 12.0 Å². The first-order valence-electron chi connectivity index (χ1n) is 5.53. The highest BCUT2D eigenvalue weighted by molar-refractivity contribution is 5.85. The predicted molar refractivity (Wildman–Crippen MR) is 62.2 cm³/mol. The Labute approximate surface area is 108 Å². The molecule has 0 saturated heterocycles. The zero-order valence-corrected chi connectivity index (χ0v) is 10.1. The summed E-state index contributed by atoms with van der Waals surface area (Å²) in [6.07, 6.45) is 2.72. The molecule has 100 valence electrons. The van der Waals surface area contributed by atoms with Crippen LogP contribution in [-0.2, 0) is 11.3 Å². The average Bonchev–Trinajstić information content (AvgIpc) is 3.05. The first kappa shape index (κ1) is 12.8. The van der Waals surface area contributed by atoms with Gasteiger partial charge in [0.2, 0.25) is 5.91 Å². The van der Waals surface area contributed by atoms with Gasteiger partial charge >= 0.3 is 5.97 Å². The van der Waals surface area contributed by atoms with E-state index in [-0.39, 0.29) is 18.1 Å². The minimum Gasteiger partial charge on any atom is -0.476 e. The number of aromatic nitrogens is 3. The van der Waals surface area contributed by atoms with E-state index >= 15 is 0 Å². The Morgan fingerprint density at radius 2 is 2.37 bits per heavy atom. The van der Waals surface area contributed by atoms with Gasteiger partial charge in [0.25, 0.3) is 0 Å². The Hall–Kier alpha value is -2.64. The van der Waals surface area contributed by atoms with Crippen molar-refractivity contribution in [1.29, 1.82) is 0 Å². The van der Waals surface area contributed by atoms with Gasteiger partial charge in [-0.15, -0.1) is 5.10 Å². The number of furan rings is 1. The summed E-state index contributed by atoms with van der Waals surface area (Å²) >= 11 is 0. The number of nitrogens with zero attached hydrogens (tertiary/aromatic N) is 3. The molecule has 8 nitrogen and oxygen atoms in total. The van der Waals surface area contributed by atoms with Gasteiger partial charge in [-0.3, -0.25) is 4.79 Å². The molecule has 2 aromatic heterocycles. The number of hydrogen-bond acceptors (Lipinski definition) is 5. The van der Waals surface area contributed by atoms with Crippen LogP contribution in [0.25, 0.3) is 0 Å². The zero-order valence-electron chi connectivity index (χ0n) is 10.1. The molecule has 0 radical (unpaired) electrons. The molecule has 0 aliphatic heterocycles. The van der Waals surface area contributed by atoms with Crippen molar-refractivity contribution < 1.29 is 19.1 Å². The summed E-state index contributed by atoms with van der Waals surface area (Å²) in [4.78, 5) is 22.5. The first-order chi connectivity index (χ1) is 9.08. The fraction of sp³-hybridized carbons (Fsp3) is 0.273. The van der Waals surface area contributed by atoms with Crippen molar-refractivity contribution in [3.63, 3.8) is 0 Å². The number of nitrogens with one attached hydrogen (secondary N) is 1. The molecule has 0 aromatic carbocycles. The first-order valence-corrected chi connectivity index (χ1v) is 5.53. The lowest BCUT2D eigenvalue weighted by Gasteiger charge is -2.10. The number of hydrogen-bond donors (Lipinski definition) is 2. The van der Waals surface area contributed by atoms with Crippen LogP contribution in [0.3, 0.4) is 0 Å². The normalized spacial score (nSPS) is 12.1. The van der Waals surface area contributed by atoms with Gasteiger partial charge in [-0.05, 0) is 19.1 Å². The van der Waals surface area contributed by atoms with Gasteiger partial charge in [-0.25, -0.2) is 9.48 Å². The van der Waals surface area contributed by atoms with Gasteiger partial charge in [0, 0.05) is 0 Å². The third-order valence-corrected chi connectivity index (χ3v) is 2.52. The summed E-state index contributed by atoms with van der Waals surface area (Å²) in [6, 6.07) is 2.81. The zero-order chi connectivity index (χ0) is 13.8. The van der Waals surface area contributed by atoms with Crippen LogP contribution in [0.4, 0.5) is 0 Å². The van der Waals surface area contributed by atoms with Crippen molar-refractivity contribution in [1.82, 2.24) is 20.3 Å². The molecule has 2 N–H and O–H groups in total. The number of amides is 1. The van der Waals surface area contributed by atoms with Crippen LogP contribution >= 0.6 is 0 Å². The highest BCUT2D eigenvalue weighted by Gasteiger charge is 2.18. The topological polar surface area (TPSA) is 110 Å². The minimum absolute atomic E-state index is 0.203. The van der Waals surface area contributed by atoms with Gasteiger partial charge in [0.1, 0.15) is 11.8 Å². The van der Waals surface area contributed by atoms with Crippen LogP contribution < -0.4 is 5.32 Å². The summed E-state index contributed by atoms with van der Waals surface area (Å²) in [7, 11) is 0. The predicted octanol–water partition coefficient (Wildman–Crippen LogP) is 0.447. The van der Waals surface area contributed by atoms with Crippen LogP contribution in [0.1, 0.15) is 29.2 Å². The molecule has 0 aliphatic rings. The second-order valence-corrected chi connectivity index (χ2v) is 3.86. The van der Waals surface area contributed by atoms with E-state index in [0.29, 0.717) is 5.76 Å². The number of carboxylic acid groups (broad SMARTS) is 1. The molecule has 0 spiro atoms. The molecule has 1 amide bonds. The fourth-order valence-corrected chi connectivity index (χ4v) is 1.42. The second kappa shape index (κ2) is 5.34. The Kier molecular flexibility index (Phi) is 3.60. The van der Waals surface area contributed by atoms with Crippen LogP contribution in [0.2, 0.25) is 0 Å². The van der Waals surface area contributed by atoms with Crippen molar-refractivity contribution in [3.05, 3.63) is 36.0 Å². The van der Waals surface area contributed by atoms with Crippen molar-refractivity contribution >= 4 is 11.9 Å². The van der Waals surface area contributed by atoms with Crippen LogP contribution in [0.15, 0.2) is 29.0 Å². The SMILES string of the molecule is CC(C(=O)NCc1ccco1)n1cc(C(=O)O)nn1. The maximum absolute atomic E-state index is 11.8. The van der Waals surface area contributed by atoms with E-state index in [1.807, 2.05) is 0 Å². The summed E-state index contributed by atoms with van der Waals surface area (Å²) in [5.41, 5.74) is -0.203. The van der Waals surface area contributed by atoms with Gasteiger partial charge in [0.15, 0.2) is 5.69 Å². The van der Waals surface area contributed by atoms with Crippen LogP contribution in [-0.4, -0.2) is 32.0 Å². The van der Waals surface area contributed by atoms with Crippen molar-refractivity contribution in [2.45, 2.75) is 19.5 Å². The van der Waals surface area contributed by atoms with Gasteiger partial charge < -0.3 is 14.8 Å². The quantitative estimate of drug-likeness (QED) is 0.811. The number of aromatic carboxylic acids is 1. The molecule has 0 saturated carbocycles. The Bertz CT molecular complexity index is 575. The Morgan fingerprint density at radius 1 is 1.58 bits per heavy atom. The van der Waals surface area contributed by atoms with Gasteiger partial charge in [-0.2, -0.15) is 0 Å². The fourth-order valence-electron chi connectivity index (χ4n) is 1.42. The highest BCUT2D eigenvalue weighted by Crippen LogP contribution is 2.06. The number of carbonyl (C=O) groups is 2. The van der Waals surface area contributed by atoms with E-state index in [1.165, 1.54) is 17.1 Å². The molecular formula is C11H12N4O4. The summed E-state index contributed by atoms with van der Waals surface area (Å²) in [5.74, 6) is -0.863. The molecule has 2 heterocycles. The van der Waals surface area contributed by atoms with Crippen molar-refractivity contribution in [3.8, 4) is 0 Å². The van der Waals surface area contributed by atoms with Crippen LogP contribution in [0.5, 0.6) is 0 Å². The largest absolute Gasteiger partial charge is 0.476 e. The lowest BCUT2D eigenvalue weighted by Crippen LogP contribution is -2.30. The standard InChI is InChI=1S/C11H12N4O4/c1-7(15-6-9(11(17)18)13-14-15)10(16)12-5-8-3-2-4-19-8/h2-4,6-7H,5H2,1H3,(H,12,16)(H,17,18). The van der Waals surface area contributed by atoms with Crippen LogP contribution in [0, 0.1) is 0 Å². The molecule has 2 aromatic rings. The molecule has 19 heavy (non-hydrogen) atoms. The van der Waals surface area contributed by atoms with Gasteiger partial charge in [0.05, 0.1) is 19.0 Å². The molecule has 1 atom stereocenters. The molecule has 0 fully saturated rings. The van der Waals surface area contributed by atoms with E-state index in [0.717, 1.165) is 0 Å². The van der Waals surface area contributed by atoms with E-state index in [1.54, 1.807) is 19.1 Å². The molecule has 1 unspecified atom stereocenters. The lowest BCUT2D eigenvalue weighted by molar-refractivity contribution is -0.124. The highest BCUT2D eigenvalue weighted by atomic mass is 16.4. The molecular weight excluding hydrogens is 252 g/mol. The maximum atomic E-state index is 11.8. The van der Waals surface area contributed by atoms with E-state index in [9.17, 15) is 9.59 Å². The Morgan fingerprint density at radius 3 is 2.95 bits per heavy atom. The second-order valence-electron chi connectivity index (χ2n) is 3.86. The number of carbonyl (C=O) groups excluding carboxylic acids is 1. The molecule has 8 heteroatoms. The smallest absolute Gasteiger partial charge is 0.358 e. The summed E-state index contributed by atoms with van der Waals surface area (Å²) in [6.45, 7) is 1.86. The number of carboxylic acids is 1. The number of rotatable bonds is 5. The monoisotopic (exact) mass is 264 g/mol. The lowest BCUT2D eigenvalue weighted by atomic mass is 10.3. The maximum Gasteiger partial charge on any atom is 0.358 e. The van der Waals surface area contributed by atoms with Crippen molar-refractivity contribution in [2.75, 3.05) is 0 Å². The summed E-state index contributed by atoms with van der Waals surface area (Å²) < 4.78 is 6.27. The molecule has 0 aliphatic carbocycles. The minimum atomic E-state index is -1.19. The van der Waals surface area contributed by atoms with Gasteiger partial charge in [-0.1, -0.05) is 5.21 Å². The Balaban J connectivity index is 1.96.